The fourth-order valence-corrected chi connectivity index (χ4v) is 5.09. The molecule has 1 aromatic carbocycles. The van der Waals surface area contributed by atoms with Gasteiger partial charge in [-0.3, -0.25) is 9.59 Å². The molecule has 0 aliphatic carbocycles. The third-order valence-corrected chi connectivity index (χ3v) is 8.06. The standard InChI is InChI=1S/C36H57NO9/c1-4-6-8-11-14-17-29(38)18-15-12-9-10-13-16-19-31(36(44,35(42)43)24-26-45-3)33(39)37-32(34(40)41)27-28-20-22-30(23-21-28)46-25-7-5-2/h16,19-23,31-32,44H,4-15,17-18,24-27H2,1-3H3,(H,37,39)(H,40,41)(H,42,43)/t31-,32+,36+/m1/s1. The zero-order chi connectivity index (χ0) is 34.2. The van der Waals surface area contributed by atoms with E-state index in [1.807, 2.05) is 0 Å². The highest BCUT2D eigenvalue weighted by molar-refractivity contribution is 5.92. The van der Waals surface area contributed by atoms with E-state index in [-0.39, 0.29) is 19.4 Å². The van der Waals surface area contributed by atoms with Crippen molar-refractivity contribution in [3.63, 3.8) is 0 Å². The zero-order valence-electron chi connectivity index (χ0n) is 28.1. The van der Waals surface area contributed by atoms with Crippen molar-refractivity contribution in [2.45, 2.75) is 128 Å². The molecule has 0 bridgehead atoms. The first kappa shape index (κ1) is 40.8. The summed E-state index contributed by atoms with van der Waals surface area (Å²) in [6.45, 7) is 4.69. The quantitative estimate of drug-likeness (QED) is 0.0607. The van der Waals surface area contributed by atoms with Gasteiger partial charge in [-0.2, -0.15) is 0 Å². The van der Waals surface area contributed by atoms with Crippen LogP contribution in [0.5, 0.6) is 5.75 Å². The maximum Gasteiger partial charge on any atom is 0.336 e. The van der Waals surface area contributed by atoms with E-state index < -0.39 is 35.4 Å². The van der Waals surface area contributed by atoms with Crippen LogP contribution in [-0.4, -0.2) is 70.9 Å². The third-order valence-electron chi connectivity index (χ3n) is 8.06. The molecule has 46 heavy (non-hydrogen) atoms. The Balaban J connectivity index is 2.80. The van der Waals surface area contributed by atoms with Crippen LogP contribution < -0.4 is 10.1 Å². The lowest BCUT2D eigenvalue weighted by Crippen LogP contribution is -2.55. The number of ketones is 1. The molecule has 4 N–H and O–H groups in total. The van der Waals surface area contributed by atoms with Crippen molar-refractivity contribution >= 4 is 23.6 Å². The number of aliphatic carboxylic acids is 2. The van der Waals surface area contributed by atoms with E-state index in [0.717, 1.165) is 51.4 Å². The number of carbonyl (C=O) groups excluding carboxylic acids is 2. The van der Waals surface area contributed by atoms with Crippen LogP contribution in [0.4, 0.5) is 0 Å². The van der Waals surface area contributed by atoms with E-state index in [2.05, 4.69) is 19.2 Å². The lowest BCUT2D eigenvalue weighted by molar-refractivity contribution is -0.168. The molecular formula is C36H57NO9. The number of hydrogen-bond acceptors (Lipinski definition) is 7. The predicted octanol–water partition coefficient (Wildman–Crippen LogP) is 6.27. The van der Waals surface area contributed by atoms with E-state index in [0.29, 0.717) is 43.0 Å². The van der Waals surface area contributed by atoms with E-state index >= 15 is 0 Å². The summed E-state index contributed by atoms with van der Waals surface area (Å²) in [6.07, 6.45) is 15.2. The Hall–Kier alpha value is -3.24. The summed E-state index contributed by atoms with van der Waals surface area (Å²) in [5, 5.41) is 33.4. The van der Waals surface area contributed by atoms with Gasteiger partial charge in [0.05, 0.1) is 12.5 Å². The second-order valence-electron chi connectivity index (χ2n) is 12.0. The van der Waals surface area contributed by atoms with Crippen molar-refractivity contribution in [2.75, 3.05) is 20.3 Å². The number of Topliss-reactive ketones (excluding diaryl/α,β-unsaturated/α-hetero) is 1. The summed E-state index contributed by atoms with van der Waals surface area (Å²) in [5.41, 5.74) is -1.86. The van der Waals surface area contributed by atoms with E-state index in [9.17, 15) is 34.5 Å². The van der Waals surface area contributed by atoms with E-state index in [4.69, 9.17) is 9.47 Å². The van der Waals surface area contributed by atoms with Gasteiger partial charge in [0.25, 0.3) is 0 Å². The lowest BCUT2D eigenvalue weighted by atomic mass is 9.83. The molecule has 3 atom stereocenters. The number of amides is 1. The van der Waals surface area contributed by atoms with Crippen LogP contribution in [0.1, 0.15) is 116 Å². The number of benzene rings is 1. The maximum absolute atomic E-state index is 13.4. The van der Waals surface area contributed by atoms with Crippen LogP contribution in [0.3, 0.4) is 0 Å². The first-order valence-corrected chi connectivity index (χ1v) is 17.0. The number of carbonyl (C=O) groups is 4. The SMILES string of the molecule is CCCCCCCC(=O)CCCCCCC=C[C@H](C(=O)N[C@@H](Cc1ccc(OCCCC)cc1)C(=O)O)[C@@](O)(CCOC)C(=O)O. The number of nitrogens with one attached hydrogen (secondary N) is 1. The largest absolute Gasteiger partial charge is 0.494 e. The Morgan fingerprint density at radius 3 is 2.02 bits per heavy atom. The average Bonchev–Trinajstić information content (AvgIpc) is 3.03. The van der Waals surface area contributed by atoms with Gasteiger partial charge in [0.15, 0.2) is 5.60 Å². The van der Waals surface area contributed by atoms with Gasteiger partial charge in [-0.25, -0.2) is 9.59 Å². The molecule has 0 aliphatic rings. The minimum atomic E-state index is -2.51. The van der Waals surface area contributed by atoms with Crippen LogP contribution in [-0.2, 0) is 30.3 Å². The number of carboxylic acid groups (broad SMARTS) is 2. The van der Waals surface area contributed by atoms with Crippen LogP contribution >= 0.6 is 0 Å². The summed E-state index contributed by atoms with van der Waals surface area (Å²) >= 11 is 0. The highest BCUT2D eigenvalue weighted by atomic mass is 16.5. The van der Waals surface area contributed by atoms with Gasteiger partial charge in [0.2, 0.25) is 5.91 Å². The van der Waals surface area contributed by atoms with Crippen LogP contribution in [0, 0.1) is 5.92 Å². The van der Waals surface area contributed by atoms with Gasteiger partial charge < -0.3 is 30.1 Å². The van der Waals surface area contributed by atoms with Gasteiger partial charge in [-0.05, 0) is 49.8 Å². The molecule has 260 valence electrons. The molecule has 10 heteroatoms. The Bertz CT molecular complexity index is 1060. The monoisotopic (exact) mass is 647 g/mol. The van der Waals surface area contributed by atoms with E-state index in [1.54, 1.807) is 30.3 Å². The molecule has 1 amide bonds. The molecule has 0 radical (unpaired) electrons. The van der Waals surface area contributed by atoms with Crippen molar-refractivity contribution < 1.29 is 44.0 Å². The highest BCUT2D eigenvalue weighted by Gasteiger charge is 2.47. The topological polar surface area (TPSA) is 159 Å². The number of allylic oxidation sites excluding steroid dienone is 1. The molecule has 0 saturated heterocycles. The lowest BCUT2D eigenvalue weighted by Gasteiger charge is -2.30. The number of carboxylic acids is 2. The highest BCUT2D eigenvalue weighted by Crippen LogP contribution is 2.26. The summed E-state index contributed by atoms with van der Waals surface area (Å²) in [4.78, 5) is 49.8. The summed E-state index contributed by atoms with van der Waals surface area (Å²) in [7, 11) is 1.36. The van der Waals surface area contributed by atoms with Crippen molar-refractivity contribution in [3.05, 3.63) is 42.0 Å². The first-order chi connectivity index (χ1) is 22.1. The van der Waals surface area contributed by atoms with Crippen molar-refractivity contribution in [1.82, 2.24) is 5.32 Å². The van der Waals surface area contributed by atoms with Crippen LogP contribution in [0.25, 0.3) is 0 Å². The third kappa shape index (κ3) is 16.4. The first-order valence-electron chi connectivity index (χ1n) is 17.0. The van der Waals surface area contributed by atoms with Crippen LogP contribution in [0.2, 0.25) is 0 Å². The molecule has 1 aromatic rings. The Morgan fingerprint density at radius 1 is 0.848 bits per heavy atom. The second kappa shape index (κ2) is 24.0. The van der Waals surface area contributed by atoms with Crippen molar-refractivity contribution in [3.8, 4) is 5.75 Å². The Labute approximate surface area is 274 Å². The molecule has 0 spiro atoms. The number of ether oxygens (including phenoxy) is 2. The zero-order valence-corrected chi connectivity index (χ0v) is 28.1. The van der Waals surface area contributed by atoms with Gasteiger partial charge in [-0.15, -0.1) is 0 Å². The molecule has 0 aliphatic heterocycles. The van der Waals surface area contributed by atoms with Crippen molar-refractivity contribution in [1.29, 1.82) is 0 Å². The molecule has 0 heterocycles. The number of hydrogen-bond donors (Lipinski definition) is 4. The van der Waals surface area contributed by atoms with E-state index in [1.165, 1.54) is 32.4 Å². The van der Waals surface area contributed by atoms with Crippen LogP contribution in [0.15, 0.2) is 36.4 Å². The predicted molar refractivity (Wildman–Crippen MR) is 178 cm³/mol. The molecular weight excluding hydrogens is 590 g/mol. The average molecular weight is 648 g/mol. The van der Waals surface area contributed by atoms with Gasteiger partial charge >= 0.3 is 11.9 Å². The summed E-state index contributed by atoms with van der Waals surface area (Å²) in [6, 6.07) is 5.56. The smallest absolute Gasteiger partial charge is 0.336 e. The molecule has 0 aromatic heterocycles. The summed E-state index contributed by atoms with van der Waals surface area (Å²) < 4.78 is 10.6. The molecule has 0 fully saturated rings. The Morgan fingerprint density at radius 2 is 1.46 bits per heavy atom. The van der Waals surface area contributed by atoms with Gasteiger partial charge in [-0.1, -0.05) is 83.1 Å². The van der Waals surface area contributed by atoms with Gasteiger partial charge in [0, 0.05) is 39.4 Å². The fraction of sp³-hybridized carbons (Fsp3) is 0.667. The van der Waals surface area contributed by atoms with Crippen molar-refractivity contribution in [2.24, 2.45) is 5.92 Å². The minimum absolute atomic E-state index is 0.0440. The number of rotatable bonds is 28. The molecule has 10 nitrogen and oxygen atoms in total. The Kier molecular flexibility index (Phi) is 21.3. The minimum Gasteiger partial charge on any atom is -0.494 e. The fourth-order valence-electron chi connectivity index (χ4n) is 5.09. The number of methoxy groups -OCH3 is 1. The molecule has 1 rings (SSSR count). The number of unbranched alkanes of at least 4 members (excludes halogenated alkanes) is 9. The molecule has 0 unspecified atom stereocenters. The van der Waals surface area contributed by atoms with Gasteiger partial charge in [0.1, 0.15) is 17.6 Å². The summed E-state index contributed by atoms with van der Waals surface area (Å²) in [5.74, 6) is -4.38. The number of aliphatic hydroxyl groups is 1. The maximum atomic E-state index is 13.4. The normalized spacial score (nSPS) is 14.0. The molecule has 0 saturated carbocycles. The second-order valence-corrected chi connectivity index (χ2v) is 12.0.